The number of fused-ring (bicyclic) bond motifs is 1. The second-order valence-corrected chi connectivity index (χ2v) is 5.45. The van der Waals surface area contributed by atoms with E-state index in [2.05, 4.69) is 34.6 Å². The molecular weight excluding hydrogens is 294 g/mol. The molecule has 0 saturated carbocycles. The minimum Gasteiger partial charge on any atom is -0.465 e. The molecule has 0 bridgehead atoms. The Balaban J connectivity index is 2.17. The van der Waals surface area contributed by atoms with Crippen LogP contribution in [0.1, 0.15) is 17.5 Å². The number of halogens is 1. The fourth-order valence-corrected chi connectivity index (χ4v) is 2.90. The molecule has 3 nitrogen and oxygen atoms in total. The van der Waals surface area contributed by atoms with Crippen molar-refractivity contribution in [1.29, 1.82) is 0 Å². The van der Waals surface area contributed by atoms with Crippen LogP contribution in [0.4, 0.5) is 4.79 Å². The van der Waals surface area contributed by atoms with E-state index in [9.17, 15) is 9.90 Å². The highest BCUT2D eigenvalue weighted by Crippen LogP contribution is 2.27. The molecule has 1 amide bonds. The van der Waals surface area contributed by atoms with E-state index in [1.54, 1.807) is 6.08 Å². The third-order valence-electron chi connectivity index (χ3n) is 3.38. The summed E-state index contributed by atoms with van der Waals surface area (Å²) < 4.78 is 1.08. The maximum atomic E-state index is 11.2. The zero-order valence-corrected chi connectivity index (χ0v) is 11.7. The van der Waals surface area contributed by atoms with Gasteiger partial charge in [0, 0.05) is 17.1 Å². The molecule has 0 radical (unpaired) electrons. The lowest BCUT2D eigenvalue weighted by Gasteiger charge is -2.32. The van der Waals surface area contributed by atoms with Gasteiger partial charge in [-0.1, -0.05) is 28.1 Å². The summed E-state index contributed by atoms with van der Waals surface area (Å²) in [6.07, 6.45) is 3.39. The number of carboxylic acid groups (broad SMARTS) is 1. The van der Waals surface area contributed by atoms with Gasteiger partial charge in [0.1, 0.15) is 0 Å². The summed E-state index contributed by atoms with van der Waals surface area (Å²) in [7, 11) is 0. The lowest BCUT2D eigenvalue weighted by molar-refractivity contribution is 0.126. The highest BCUT2D eigenvalue weighted by molar-refractivity contribution is 9.10. The Kier molecular flexibility index (Phi) is 4.07. The van der Waals surface area contributed by atoms with E-state index in [1.165, 1.54) is 16.0 Å². The lowest BCUT2D eigenvalue weighted by atomic mass is 9.87. The first kappa shape index (κ1) is 13.1. The van der Waals surface area contributed by atoms with Crippen LogP contribution in [-0.4, -0.2) is 28.7 Å². The second kappa shape index (κ2) is 5.57. The van der Waals surface area contributed by atoms with Gasteiger partial charge in [-0.25, -0.2) is 4.79 Å². The number of rotatable bonds is 3. The summed E-state index contributed by atoms with van der Waals surface area (Å²) in [5.74, 6) is 0. The van der Waals surface area contributed by atoms with Gasteiger partial charge in [0.15, 0.2) is 0 Å². The van der Waals surface area contributed by atoms with Crippen molar-refractivity contribution < 1.29 is 9.90 Å². The zero-order valence-electron chi connectivity index (χ0n) is 10.1. The molecule has 4 heteroatoms. The van der Waals surface area contributed by atoms with Gasteiger partial charge in [-0.15, -0.1) is 6.58 Å². The highest BCUT2D eigenvalue weighted by atomic mass is 79.9. The molecule has 1 N–H and O–H groups in total. The summed E-state index contributed by atoms with van der Waals surface area (Å²) >= 11 is 3.46. The molecule has 0 fully saturated rings. The van der Waals surface area contributed by atoms with E-state index >= 15 is 0 Å². The van der Waals surface area contributed by atoms with Gasteiger partial charge in [-0.05, 0) is 42.5 Å². The molecule has 96 valence electrons. The molecule has 0 aliphatic heterocycles. The van der Waals surface area contributed by atoms with Crippen molar-refractivity contribution in [2.75, 3.05) is 6.54 Å². The van der Waals surface area contributed by atoms with Crippen molar-refractivity contribution in [1.82, 2.24) is 4.90 Å². The monoisotopic (exact) mass is 309 g/mol. The SMILES string of the molecule is C=CCN(C(=O)O)[C@@H]1CCc2cc(Br)ccc2C1. The van der Waals surface area contributed by atoms with E-state index in [0.29, 0.717) is 6.54 Å². The summed E-state index contributed by atoms with van der Waals surface area (Å²) in [6, 6.07) is 6.29. The Morgan fingerprint density at radius 1 is 1.56 bits per heavy atom. The number of hydrogen-bond donors (Lipinski definition) is 1. The van der Waals surface area contributed by atoms with Gasteiger partial charge in [0.25, 0.3) is 0 Å². The average Bonchev–Trinajstić information content (AvgIpc) is 2.35. The van der Waals surface area contributed by atoms with Crippen LogP contribution in [0.25, 0.3) is 0 Å². The number of carbonyl (C=O) groups is 1. The van der Waals surface area contributed by atoms with Gasteiger partial charge in [0.2, 0.25) is 0 Å². The van der Waals surface area contributed by atoms with Crippen LogP contribution in [0.2, 0.25) is 0 Å². The fourth-order valence-electron chi connectivity index (χ4n) is 2.49. The molecule has 1 aliphatic carbocycles. The van der Waals surface area contributed by atoms with E-state index in [-0.39, 0.29) is 6.04 Å². The van der Waals surface area contributed by atoms with E-state index in [4.69, 9.17) is 0 Å². The van der Waals surface area contributed by atoms with Gasteiger partial charge in [-0.3, -0.25) is 0 Å². The van der Waals surface area contributed by atoms with Crippen LogP contribution in [0.3, 0.4) is 0 Å². The fraction of sp³-hybridized carbons (Fsp3) is 0.357. The Morgan fingerprint density at radius 3 is 3.00 bits per heavy atom. The average molecular weight is 310 g/mol. The van der Waals surface area contributed by atoms with Gasteiger partial charge >= 0.3 is 6.09 Å². The predicted octanol–water partition coefficient (Wildman–Crippen LogP) is 3.47. The zero-order chi connectivity index (χ0) is 13.1. The molecule has 0 spiro atoms. The standard InChI is InChI=1S/C14H16BrNO2/c1-2-7-16(14(17)18)13-6-4-10-8-12(15)5-3-11(10)9-13/h2-3,5,8,13H,1,4,6-7,9H2,(H,17,18)/t13-/m1/s1. The summed E-state index contributed by atoms with van der Waals surface area (Å²) in [4.78, 5) is 12.7. The summed E-state index contributed by atoms with van der Waals surface area (Å²) in [5.41, 5.74) is 2.58. The van der Waals surface area contributed by atoms with Crippen LogP contribution in [0.15, 0.2) is 35.3 Å². The van der Waals surface area contributed by atoms with Crippen molar-refractivity contribution in [2.45, 2.75) is 25.3 Å². The highest BCUT2D eigenvalue weighted by Gasteiger charge is 2.26. The summed E-state index contributed by atoms with van der Waals surface area (Å²) in [6.45, 7) is 4.02. The normalized spacial score (nSPS) is 17.9. The van der Waals surface area contributed by atoms with E-state index < -0.39 is 6.09 Å². The number of aryl methyl sites for hydroxylation is 1. The molecule has 1 atom stereocenters. The minimum atomic E-state index is -0.861. The molecule has 1 aromatic rings. The van der Waals surface area contributed by atoms with E-state index in [1.807, 2.05) is 6.07 Å². The van der Waals surface area contributed by atoms with Crippen molar-refractivity contribution in [2.24, 2.45) is 0 Å². The number of amides is 1. The molecule has 2 rings (SSSR count). The van der Waals surface area contributed by atoms with Gasteiger partial charge in [0.05, 0.1) is 0 Å². The molecule has 0 unspecified atom stereocenters. The third-order valence-corrected chi connectivity index (χ3v) is 3.88. The topological polar surface area (TPSA) is 40.5 Å². The van der Waals surface area contributed by atoms with Crippen molar-refractivity contribution in [3.8, 4) is 0 Å². The van der Waals surface area contributed by atoms with Gasteiger partial charge in [-0.2, -0.15) is 0 Å². The second-order valence-electron chi connectivity index (χ2n) is 4.53. The van der Waals surface area contributed by atoms with Crippen molar-refractivity contribution >= 4 is 22.0 Å². The van der Waals surface area contributed by atoms with Crippen LogP contribution in [0.5, 0.6) is 0 Å². The Bertz CT molecular complexity index is 473. The maximum absolute atomic E-state index is 11.2. The number of hydrogen-bond acceptors (Lipinski definition) is 1. The van der Waals surface area contributed by atoms with Crippen LogP contribution < -0.4 is 0 Å². The van der Waals surface area contributed by atoms with E-state index in [0.717, 1.165) is 23.7 Å². The smallest absolute Gasteiger partial charge is 0.407 e. The largest absolute Gasteiger partial charge is 0.465 e. The molecule has 1 aliphatic rings. The maximum Gasteiger partial charge on any atom is 0.407 e. The molecule has 1 aromatic carbocycles. The Hall–Kier alpha value is -1.29. The van der Waals surface area contributed by atoms with Crippen LogP contribution >= 0.6 is 15.9 Å². The first-order chi connectivity index (χ1) is 8.61. The van der Waals surface area contributed by atoms with Crippen LogP contribution in [-0.2, 0) is 12.8 Å². The number of nitrogens with zero attached hydrogens (tertiary/aromatic N) is 1. The summed E-state index contributed by atoms with van der Waals surface area (Å²) in [5, 5.41) is 9.22. The molecule has 0 aromatic heterocycles. The Labute approximate surface area is 115 Å². The lowest BCUT2D eigenvalue weighted by Crippen LogP contribution is -2.42. The molecule has 0 heterocycles. The minimum absolute atomic E-state index is 0.0641. The molecular formula is C14H16BrNO2. The third kappa shape index (κ3) is 2.75. The number of benzene rings is 1. The molecule has 0 saturated heterocycles. The van der Waals surface area contributed by atoms with Gasteiger partial charge < -0.3 is 10.0 Å². The predicted molar refractivity (Wildman–Crippen MR) is 74.9 cm³/mol. The first-order valence-electron chi connectivity index (χ1n) is 5.99. The van der Waals surface area contributed by atoms with Crippen molar-refractivity contribution in [3.05, 3.63) is 46.5 Å². The van der Waals surface area contributed by atoms with Crippen molar-refractivity contribution in [3.63, 3.8) is 0 Å². The molecule has 18 heavy (non-hydrogen) atoms. The first-order valence-corrected chi connectivity index (χ1v) is 6.79. The quantitative estimate of drug-likeness (QED) is 0.869. The Morgan fingerprint density at radius 2 is 2.33 bits per heavy atom. The van der Waals surface area contributed by atoms with Crippen LogP contribution in [0, 0.1) is 0 Å².